The fourth-order valence-electron chi connectivity index (χ4n) is 3.31. The monoisotopic (exact) mass is 265 g/mol. The summed E-state index contributed by atoms with van der Waals surface area (Å²) in [6, 6.07) is 15.6. The average molecular weight is 265 g/mol. The van der Waals surface area contributed by atoms with Crippen LogP contribution in [0.15, 0.2) is 42.5 Å². The van der Waals surface area contributed by atoms with Crippen molar-refractivity contribution in [2.45, 2.75) is 39.0 Å². The number of anilines is 1. The maximum Gasteiger partial charge on any atom is 0.0370 e. The van der Waals surface area contributed by atoms with Gasteiger partial charge in [0.15, 0.2) is 0 Å². The lowest BCUT2D eigenvalue weighted by Crippen LogP contribution is -2.18. The summed E-state index contributed by atoms with van der Waals surface area (Å²) in [6.07, 6.45) is 3.86. The highest BCUT2D eigenvalue weighted by atomic mass is 14.9. The van der Waals surface area contributed by atoms with Gasteiger partial charge in [0, 0.05) is 18.2 Å². The van der Waals surface area contributed by atoms with Gasteiger partial charge in [-0.3, -0.25) is 0 Å². The first kappa shape index (κ1) is 13.2. The standard InChI is InChI=1S/C19H23N/c1-14-10-11-19(15(2)12-14)20-13-17-8-5-7-16-6-3-4-9-18(16)17/h3-4,6,9-12,17,20H,5,7-8,13H2,1-2H3. The predicted molar refractivity (Wildman–Crippen MR) is 86.5 cm³/mol. The van der Waals surface area contributed by atoms with E-state index in [2.05, 4.69) is 61.6 Å². The summed E-state index contributed by atoms with van der Waals surface area (Å²) in [7, 11) is 0. The molecule has 1 unspecified atom stereocenters. The molecule has 20 heavy (non-hydrogen) atoms. The van der Waals surface area contributed by atoms with Crippen molar-refractivity contribution in [3.8, 4) is 0 Å². The fourth-order valence-corrected chi connectivity index (χ4v) is 3.31. The molecule has 0 saturated heterocycles. The molecule has 1 heteroatoms. The summed E-state index contributed by atoms with van der Waals surface area (Å²) >= 11 is 0. The third kappa shape index (κ3) is 2.72. The molecule has 1 atom stereocenters. The van der Waals surface area contributed by atoms with E-state index in [1.54, 1.807) is 11.1 Å². The van der Waals surface area contributed by atoms with Crippen LogP contribution in [-0.4, -0.2) is 6.54 Å². The van der Waals surface area contributed by atoms with Crippen molar-refractivity contribution in [2.24, 2.45) is 0 Å². The Labute approximate surface area is 122 Å². The molecule has 0 saturated carbocycles. The van der Waals surface area contributed by atoms with Crippen LogP contribution in [0.2, 0.25) is 0 Å². The molecule has 0 aliphatic heterocycles. The Morgan fingerprint density at radius 2 is 1.95 bits per heavy atom. The van der Waals surface area contributed by atoms with Crippen molar-refractivity contribution in [1.29, 1.82) is 0 Å². The highest BCUT2D eigenvalue weighted by Crippen LogP contribution is 2.31. The molecule has 1 aliphatic rings. The van der Waals surface area contributed by atoms with Gasteiger partial charge < -0.3 is 5.32 Å². The summed E-state index contributed by atoms with van der Waals surface area (Å²) in [5.74, 6) is 0.653. The largest absolute Gasteiger partial charge is 0.384 e. The minimum atomic E-state index is 0.653. The highest BCUT2D eigenvalue weighted by molar-refractivity contribution is 5.52. The average Bonchev–Trinajstić information content (AvgIpc) is 2.46. The summed E-state index contributed by atoms with van der Waals surface area (Å²) in [5, 5.41) is 3.65. The Balaban J connectivity index is 1.73. The number of hydrogen-bond acceptors (Lipinski definition) is 1. The van der Waals surface area contributed by atoms with Gasteiger partial charge in [-0.2, -0.15) is 0 Å². The molecule has 0 aromatic heterocycles. The zero-order valence-corrected chi connectivity index (χ0v) is 12.4. The van der Waals surface area contributed by atoms with Gasteiger partial charge in [-0.05, 0) is 55.9 Å². The van der Waals surface area contributed by atoms with Crippen LogP contribution in [0.5, 0.6) is 0 Å². The molecule has 2 aromatic carbocycles. The highest BCUT2D eigenvalue weighted by Gasteiger charge is 2.19. The molecule has 2 aromatic rings. The molecule has 104 valence electrons. The summed E-state index contributed by atoms with van der Waals surface area (Å²) in [4.78, 5) is 0. The van der Waals surface area contributed by atoms with Crippen molar-refractivity contribution in [3.63, 3.8) is 0 Å². The van der Waals surface area contributed by atoms with Crippen LogP contribution in [0, 0.1) is 13.8 Å². The maximum absolute atomic E-state index is 3.65. The van der Waals surface area contributed by atoms with Gasteiger partial charge in [0.2, 0.25) is 0 Å². The van der Waals surface area contributed by atoms with Crippen molar-refractivity contribution < 1.29 is 0 Å². The Morgan fingerprint density at radius 3 is 2.80 bits per heavy atom. The molecular weight excluding hydrogens is 242 g/mol. The van der Waals surface area contributed by atoms with Crippen LogP contribution < -0.4 is 5.32 Å². The number of fused-ring (bicyclic) bond motifs is 1. The third-order valence-electron chi connectivity index (χ3n) is 4.41. The maximum atomic E-state index is 3.65. The predicted octanol–water partition coefficient (Wildman–Crippen LogP) is 4.84. The molecule has 0 spiro atoms. The first-order chi connectivity index (χ1) is 9.74. The van der Waals surface area contributed by atoms with E-state index in [-0.39, 0.29) is 0 Å². The molecule has 1 aliphatic carbocycles. The summed E-state index contributed by atoms with van der Waals surface area (Å²) in [5.41, 5.74) is 7.05. The van der Waals surface area contributed by atoms with Crippen molar-refractivity contribution in [2.75, 3.05) is 11.9 Å². The topological polar surface area (TPSA) is 12.0 Å². The molecular formula is C19H23N. The molecule has 3 rings (SSSR count). The van der Waals surface area contributed by atoms with Crippen LogP contribution in [0.1, 0.15) is 41.0 Å². The SMILES string of the molecule is Cc1ccc(NCC2CCCc3ccccc32)c(C)c1. The van der Waals surface area contributed by atoms with Crippen LogP contribution in [-0.2, 0) is 6.42 Å². The van der Waals surface area contributed by atoms with Gasteiger partial charge in [0.05, 0.1) is 0 Å². The van der Waals surface area contributed by atoms with E-state index in [0.29, 0.717) is 5.92 Å². The molecule has 0 heterocycles. The second-order valence-electron chi connectivity index (χ2n) is 5.99. The van der Waals surface area contributed by atoms with E-state index in [0.717, 1.165) is 6.54 Å². The van der Waals surface area contributed by atoms with Crippen molar-refractivity contribution >= 4 is 5.69 Å². The second-order valence-corrected chi connectivity index (χ2v) is 5.99. The van der Waals surface area contributed by atoms with E-state index in [1.807, 2.05) is 0 Å². The van der Waals surface area contributed by atoms with Gasteiger partial charge in [0.25, 0.3) is 0 Å². The molecule has 0 radical (unpaired) electrons. The van der Waals surface area contributed by atoms with Gasteiger partial charge in [-0.1, -0.05) is 42.0 Å². The van der Waals surface area contributed by atoms with Gasteiger partial charge >= 0.3 is 0 Å². The van der Waals surface area contributed by atoms with Gasteiger partial charge in [-0.15, -0.1) is 0 Å². The Bertz CT molecular complexity index is 600. The lowest BCUT2D eigenvalue weighted by molar-refractivity contribution is 0.571. The number of aryl methyl sites for hydroxylation is 3. The Morgan fingerprint density at radius 1 is 1.10 bits per heavy atom. The normalized spacial score (nSPS) is 17.6. The van der Waals surface area contributed by atoms with E-state index in [1.165, 1.54) is 36.1 Å². The van der Waals surface area contributed by atoms with Crippen molar-refractivity contribution in [3.05, 3.63) is 64.7 Å². The van der Waals surface area contributed by atoms with E-state index in [9.17, 15) is 0 Å². The lowest BCUT2D eigenvalue weighted by atomic mass is 9.83. The van der Waals surface area contributed by atoms with Crippen LogP contribution in [0.4, 0.5) is 5.69 Å². The summed E-state index contributed by atoms with van der Waals surface area (Å²) < 4.78 is 0. The number of nitrogens with one attached hydrogen (secondary N) is 1. The number of rotatable bonds is 3. The molecule has 0 amide bonds. The van der Waals surface area contributed by atoms with Crippen LogP contribution in [0.3, 0.4) is 0 Å². The van der Waals surface area contributed by atoms with Gasteiger partial charge in [-0.25, -0.2) is 0 Å². The lowest BCUT2D eigenvalue weighted by Gasteiger charge is -2.26. The zero-order chi connectivity index (χ0) is 13.9. The quantitative estimate of drug-likeness (QED) is 0.837. The second kappa shape index (κ2) is 5.70. The number of hydrogen-bond donors (Lipinski definition) is 1. The Kier molecular flexibility index (Phi) is 3.77. The van der Waals surface area contributed by atoms with Gasteiger partial charge in [0.1, 0.15) is 0 Å². The smallest absolute Gasteiger partial charge is 0.0370 e. The van der Waals surface area contributed by atoms with Crippen LogP contribution in [0.25, 0.3) is 0 Å². The van der Waals surface area contributed by atoms with E-state index < -0.39 is 0 Å². The first-order valence-corrected chi connectivity index (χ1v) is 7.63. The summed E-state index contributed by atoms with van der Waals surface area (Å²) in [6.45, 7) is 5.37. The van der Waals surface area contributed by atoms with E-state index in [4.69, 9.17) is 0 Å². The molecule has 0 fully saturated rings. The molecule has 0 bridgehead atoms. The van der Waals surface area contributed by atoms with E-state index >= 15 is 0 Å². The van der Waals surface area contributed by atoms with Crippen molar-refractivity contribution in [1.82, 2.24) is 0 Å². The molecule has 1 nitrogen and oxygen atoms in total. The molecule has 1 N–H and O–H groups in total. The third-order valence-corrected chi connectivity index (χ3v) is 4.41. The first-order valence-electron chi connectivity index (χ1n) is 7.63. The minimum absolute atomic E-state index is 0.653. The minimum Gasteiger partial charge on any atom is -0.384 e. The number of benzene rings is 2. The Hall–Kier alpha value is -1.76. The van der Waals surface area contributed by atoms with Crippen LogP contribution >= 0.6 is 0 Å². The zero-order valence-electron chi connectivity index (χ0n) is 12.4. The fraction of sp³-hybridized carbons (Fsp3) is 0.368.